The minimum atomic E-state index is -1.23. The van der Waals surface area contributed by atoms with Crippen LogP contribution in [0.5, 0.6) is 5.75 Å². The molecule has 0 bridgehead atoms. The molecule has 112 valence electrons. The zero-order valence-electron chi connectivity index (χ0n) is 12.2. The number of carbonyl (C=O) groups is 3. The Morgan fingerprint density at radius 1 is 1.33 bits per heavy atom. The van der Waals surface area contributed by atoms with Gasteiger partial charge in [0.25, 0.3) is 0 Å². The third-order valence-electron chi connectivity index (χ3n) is 3.94. The van der Waals surface area contributed by atoms with E-state index in [9.17, 15) is 14.4 Å². The van der Waals surface area contributed by atoms with E-state index in [1.807, 2.05) is 0 Å². The quantitative estimate of drug-likeness (QED) is 0.636. The molecule has 0 radical (unpaired) electrons. The molecule has 0 heterocycles. The SMILES string of the molecule is COc1cc(Cl)ccc1C(=O)C1C(=O)CCC(C)(C)C1=O. The first-order valence-electron chi connectivity index (χ1n) is 6.72. The highest BCUT2D eigenvalue weighted by molar-refractivity contribution is 6.31. The summed E-state index contributed by atoms with van der Waals surface area (Å²) >= 11 is 5.86. The van der Waals surface area contributed by atoms with Crippen LogP contribution in [0.3, 0.4) is 0 Å². The minimum absolute atomic E-state index is 0.214. The predicted molar refractivity (Wildman–Crippen MR) is 78.9 cm³/mol. The molecule has 0 aromatic heterocycles. The van der Waals surface area contributed by atoms with Gasteiger partial charge in [-0.2, -0.15) is 0 Å². The van der Waals surface area contributed by atoms with Gasteiger partial charge in [-0.15, -0.1) is 0 Å². The molecule has 1 saturated carbocycles. The van der Waals surface area contributed by atoms with Gasteiger partial charge < -0.3 is 4.74 Å². The second kappa shape index (κ2) is 5.60. The Kier molecular flexibility index (Phi) is 4.19. The number of carbonyl (C=O) groups excluding carboxylic acids is 3. The molecule has 1 unspecified atom stereocenters. The first-order valence-corrected chi connectivity index (χ1v) is 7.10. The predicted octanol–water partition coefficient (Wildman–Crippen LogP) is 3.11. The smallest absolute Gasteiger partial charge is 0.184 e. The number of benzene rings is 1. The first kappa shape index (κ1) is 15.7. The van der Waals surface area contributed by atoms with Gasteiger partial charge in [0.15, 0.2) is 17.3 Å². The molecule has 4 nitrogen and oxygen atoms in total. The summed E-state index contributed by atoms with van der Waals surface area (Å²) in [5.41, 5.74) is -0.445. The molecule has 1 aromatic carbocycles. The Labute approximate surface area is 128 Å². The molecular weight excluding hydrogens is 292 g/mol. The summed E-state index contributed by atoms with van der Waals surface area (Å²) in [7, 11) is 1.41. The van der Waals surface area contributed by atoms with Gasteiger partial charge >= 0.3 is 0 Å². The average Bonchev–Trinajstić information content (AvgIpc) is 2.43. The van der Waals surface area contributed by atoms with E-state index in [4.69, 9.17) is 16.3 Å². The Morgan fingerprint density at radius 3 is 2.62 bits per heavy atom. The molecule has 1 aromatic rings. The summed E-state index contributed by atoms with van der Waals surface area (Å²) < 4.78 is 5.13. The van der Waals surface area contributed by atoms with Gasteiger partial charge in [0.1, 0.15) is 11.7 Å². The van der Waals surface area contributed by atoms with E-state index in [-0.39, 0.29) is 29.3 Å². The van der Waals surface area contributed by atoms with Crippen LogP contribution in [0.25, 0.3) is 0 Å². The summed E-state index contributed by atoms with van der Waals surface area (Å²) in [5.74, 6) is -2.10. The monoisotopic (exact) mass is 308 g/mol. The van der Waals surface area contributed by atoms with Crippen LogP contribution in [-0.4, -0.2) is 24.5 Å². The lowest BCUT2D eigenvalue weighted by Crippen LogP contribution is -2.44. The van der Waals surface area contributed by atoms with Crippen molar-refractivity contribution >= 4 is 29.0 Å². The third-order valence-corrected chi connectivity index (χ3v) is 4.17. The van der Waals surface area contributed by atoms with Crippen LogP contribution in [0.2, 0.25) is 5.02 Å². The Bertz CT molecular complexity index is 619. The molecule has 0 N–H and O–H groups in total. The van der Waals surface area contributed by atoms with E-state index in [1.54, 1.807) is 19.9 Å². The van der Waals surface area contributed by atoms with Crippen LogP contribution in [0.4, 0.5) is 0 Å². The fourth-order valence-electron chi connectivity index (χ4n) is 2.53. The van der Waals surface area contributed by atoms with Crippen molar-refractivity contribution in [1.82, 2.24) is 0 Å². The summed E-state index contributed by atoms with van der Waals surface area (Å²) in [6.45, 7) is 3.53. The van der Waals surface area contributed by atoms with E-state index >= 15 is 0 Å². The first-order chi connectivity index (χ1) is 9.77. The Balaban J connectivity index is 2.43. The highest BCUT2D eigenvalue weighted by Crippen LogP contribution is 2.36. The maximum Gasteiger partial charge on any atom is 0.184 e. The summed E-state index contributed by atoms with van der Waals surface area (Å²) in [6, 6.07) is 4.53. The second-order valence-corrected chi connectivity index (χ2v) is 6.29. The number of halogens is 1. The number of hydrogen-bond donors (Lipinski definition) is 0. The van der Waals surface area contributed by atoms with Gasteiger partial charge in [0.05, 0.1) is 12.7 Å². The zero-order chi connectivity index (χ0) is 15.8. The van der Waals surface area contributed by atoms with Gasteiger partial charge in [-0.05, 0) is 24.6 Å². The van der Waals surface area contributed by atoms with Crippen LogP contribution in [0.15, 0.2) is 18.2 Å². The van der Waals surface area contributed by atoms with E-state index in [0.29, 0.717) is 11.4 Å². The highest BCUT2D eigenvalue weighted by atomic mass is 35.5. The molecule has 0 aliphatic heterocycles. The van der Waals surface area contributed by atoms with Crippen molar-refractivity contribution in [3.63, 3.8) is 0 Å². The highest BCUT2D eigenvalue weighted by Gasteiger charge is 2.46. The van der Waals surface area contributed by atoms with Crippen molar-refractivity contribution in [3.05, 3.63) is 28.8 Å². The summed E-state index contributed by atoms with van der Waals surface area (Å²) in [5, 5.41) is 0.421. The van der Waals surface area contributed by atoms with Gasteiger partial charge in [-0.1, -0.05) is 25.4 Å². The van der Waals surface area contributed by atoms with Gasteiger partial charge in [0.2, 0.25) is 0 Å². The van der Waals surface area contributed by atoms with Crippen molar-refractivity contribution in [2.45, 2.75) is 26.7 Å². The van der Waals surface area contributed by atoms with Gasteiger partial charge in [-0.3, -0.25) is 14.4 Å². The number of rotatable bonds is 3. The van der Waals surface area contributed by atoms with E-state index in [0.717, 1.165) is 0 Å². The molecule has 0 spiro atoms. The van der Waals surface area contributed by atoms with Crippen molar-refractivity contribution in [2.24, 2.45) is 11.3 Å². The van der Waals surface area contributed by atoms with Crippen molar-refractivity contribution in [1.29, 1.82) is 0 Å². The lowest BCUT2D eigenvalue weighted by Gasteiger charge is -2.32. The van der Waals surface area contributed by atoms with Gasteiger partial charge in [-0.25, -0.2) is 0 Å². The molecule has 2 rings (SSSR count). The molecule has 1 fully saturated rings. The Hall–Kier alpha value is -1.68. The van der Waals surface area contributed by atoms with Crippen molar-refractivity contribution in [2.75, 3.05) is 7.11 Å². The number of ketones is 3. The maximum atomic E-state index is 12.6. The third kappa shape index (κ3) is 2.86. The van der Waals surface area contributed by atoms with Gasteiger partial charge in [0, 0.05) is 16.9 Å². The largest absolute Gasteiger partial charge is 0.496 e. The topological polar surface area (TPSA) is 60.4 Å². The number of hydrogen-bond acceptors (Lipinski definition) is 4. The molecule has 0 saturated heterocycles. The molecule has 1 atom stereocenters. The van der Waals surface area contributed by atoms with Crippen LogP contribution >= 0.6 is 11.6 Å². The standard InChI is InChI=1S/C16H17ClO4/c1-16(2)7-6-11(18)13(15(16)20)14(19)10-5-4-9(17)8-12(10)21-3/h4-5,8,13H,6-7H2,1-3H3. The molecule has 1 aliphatic rings. The Morgan fingerprint density at radius 2 is 2.00 bits per heavy atom. The molecule has 0 amide bonds. The number of Topliss-reactive ketones (excluding diaryl/α,β-unsaturated/α-hetero) is 3. The minimum Gasteiger partial charge on any atom is -0.496 e. The van der Waals surface area contributed by atoms with Crippen LogP contribution < -0.4 is 4.74 Å². The zero-order valence-corrected chi connectivity index (χ0v) is 13.0. The average molecular weight is 309 g/mol. The normalized spacial score (nSPS) is 21.2. The van der Waals surface area contributed by atoms with E-state index in [1.165, 1.54) is 19.2 Å². The summed E-state index contributed by atoms with van der Waals surface area (Å²) in [6.07, 6.45) is 0.719. The maximum absolute atomic E-state index is 12.6. The molecular formula is C16H17ClO4. The van der Waals surface area contributed by atoms with Crippen molar-refractivity contribution in [3.8, 4) is 5.75 Å². The van der Waals surface area contributed by atoms with Crippen LogP contribution in [0.1, 0.15) is 37.0 Å². The number of ether oxygens (including phenoxy) is 1. The molecule has 5 heteroatoms. The lowest BCUT2D eigenvalue weighted by atomic mass is 9.68. The fourth-order valence-corrected chi connectivity index (χ4v) is 2.69. The van der Waals surface area contributed by atoms with Crippen LogP contribution in [0, 0.1) is 11.3 Å². The number of methoxy groups -OCH3 is 1. The lowest BCUT2D eigenvalue weighted by molar-refractivity contribution is -0.140. The van der Waals surface area contributed by atoms with Crippen molar-refractivity contribution < 1.29 is 19.1 Å². The molecule has 1 aliphatic carbocycles. The summed E-state index contributed by atoms with van der Waals surface area (Å²) in [4.78, 5) is 37.1. The molecule has 21 heavy (non-hydrogen) atoms. The second-order valence-electron chi connectivity index (χ2n) is 5.86. The fraction of sp³-hybridized carbons (Fsp3) is 0.438. The van der Waals surface area contributed by atoms with E-state index in [2.05, 4.69) is 0 Å². The van der Waals surface area contributed by atoms with Crippen LogP contribution in [-0.2, 0) is 9.59 Å². The van der Waals surface area contributed by atoms with E-state index < -0.39 is 17.1 Å².